The second-order valence-electron chi connectivity index (χ2n) is 8.01. The maximum atomic E-state index is 12.3. The number of nitrogens with zero attached hydrogens (tertiary/aromatic N) is 1. The van der Waals surface area contributed by atoms with E-state index in [1.54, 1.807) is 0 Å². The topological polar surface area (TPSA) is 162 Å². The lowest BCUT2D eigenvalue weighted by atomic mass is 9.99. The first kappa shape index (κ1) is 25.4. The summed E-state index contributed by atoms with van der Waals surface area (Å²) in [4.78, 5) is 26.3. The Morgan fingerprint density at radius 2 is 1.91 bits per heavy atom. The van der Waals surface area contributed by atoms with E-state index in [9.17, 15) is 30.0 Å². The largest absolute Gasteiger partial charge is 0.460 e. The van der Waals surface area contributed by atoms with Gasteiger partial charge in [0.1, 0.15) is 35.7 Å². The van der Waals surface area contributed by atoms with Gasteiger partial charge < -0.3 is 44.5 Å². The SMILES string of the molecule is CN(C)CCNC(=O)Cc1cc(=O)oc2cc(O[C@@H]3OC(CO)[C@@H](O)[C@H](O)C3O)c(Cl)cc12. The van der Waals surface area contributed by atoms with Crippen molar-refractivity contribution >= 4 is 28.5 Å². The molecule has 0 aliphatic carbocycles. The van der Waals surface area contributed by atoms with Crippen molar-refractivity contribution in [3.63, 3.8) is 0 Å². The Hall–Kier alpha value is -2.25. The van der Waals surface area contributed by atoms with Crippen LogP contribution in [0, 0.1) is 0 Å². The molecule has 5 N–H and O–H groups in total. The van der Waals surface area contributed by atoms with E-state index in [0.29, 0.717) is 24.0 Å². The molecule has 1 aliphatic rings. The fourth-order valence-corrected chi connectivity index (χ4v) is 3.62. The molecule has 12 heteroatoms. The first-order valence-electron chi connectivity index (χ1n) is 10.3. The number of nitrogens with one attached hydrogen (secondary N) is 1. The van der Waals surface area contributed by atoms with Crippen molar-refractivity contribution in [2.75, 3.05) is 33.8 Å². The molecule has 182 valence electrons. The van der Waals surface area contributed by atoms with Crippen LogP contribution in [0.5, 0.6) is 5.75 Å². The molecule has 5 atom stereocenters. The summed E-state index contributed by atoms with van der Waals surface area (Å²) in [7, 11) is 3.77. The molecule has 1 aliphatic heterocycles. The molecule has 1 amide bonds. The number of aliphatic hydroxyl groups is 4. The lowest BCUT2D eigenvalue weighted by Crippen LogP contribution is -2.60. The van der Waals surface area contributed by atoms with Crippen LogP contribution in [0.1, 0.15) is 5.56 Å². The predicted molar refractivity (Wildman–Crippen MR) is 117 cm³/mol. The average molecular weight is 487 g/mol. The van der Waals surface area contributed by atoms with Gasteiger partial charge in [-0.05, 0) is 25.7 Å². The van der Waals surface area contributed by atoms with E-state index in [1.807, 2.05) is 19.0 Å². The summed E-state index contributed by atoms with van der Waals surface area (Å²) < 4.78 is 16.1. The fourth-order valence-electron chi connectivity index (χ4n) is 3.41. The zero-order valence-electron chi connectivity index (χ0n) is 18.1. The van der Waals surface area contributed by atoms with Crippen molar-refractivity contribution in [3.8, 4) is 5.75 Å². The third-order valence-electron chi connectivity index (χ3n) is 5.21. The molecule has 1 aromatic heterocycles. The standard InChI is InChI=1S/C21H27ClN2O9/c1-24(2)4-3-23-16(26)5-10-6-17(27)31-13-8-14(12(22)7-11(10)13)32-21-20(30)19(29)18(28)15(9-25)33-21/h6-8,15,18-21,25,28-30H,3-5,9H2,1-2H3,(H,23,26)/t15?,18-,19+,20?,21-/m1/s1. The van der Waals surface area contributed by atoms with Crippen molar-refractivity contribution in [1.82, 2.24) is 10.2 Å². The van der Waals surface area contributed by atoms with Crippen LogP contribution in [0.25, 0.3) is 11.0 Å². The first-order chi connectivity index (χ1) is 15.6. The summed E-state index contributed by atoms with van der Waals surface area (Å²) >= 11 is 6.32. The average Bonchev–Trinajstić information content (AvgIpc) is 2.74. The highest BCUT2D eigenvalue weighted by Gasteiger charge is 2.44. The maximum Gasteiger partial charge on any atom is 0.336 e. The van der Waals surface area contributed by atoms with Crippen LogP contribution in [0.3, 0.4) is 0 Å². The quantitative estimate of drug-likeness (QED) is 0.288. The molecule has 3 rings (SSSR count). The second-order valence-corrected chi connectivity index (χ2v) is 8.42. The van der Waals surface area contributed by atoms with Crippen LogP contribution in [-0.2, 0) is 16.0 Å². The van der Waals surface area contributed by atoms with Gasteiger partial charge in [0.15, 0.2) is 0 Å². The van der Waals surface area contributed by atoms with Crippen molar-refractivity contribution in [1.29, 1.82) is 0 Å². The number of carbonyl (C=O) groups is 1. The Morgan fingerprint density at radius 3 is 2.58 bits per heavy atom. The van der Waals surface area contributed by atoms with E-state index >= 15 is 0 Å². The molecule has 11 nitrogen and oxygen atoms in total. The van der Waals surface area contributed by atoms with Gasteiger partial charge in [0.05, 0.1) is 18.1 Å². The van der Waals surface area contributed by atoms with E-state index in [1.165, 1.54) is 18.2 Å². The summed E-state index contributed by atoms with van der Waals surface area (Å²) in [5.41, 5.74) is -0.188. The van der Waals surface area contributed by atoms with E-state index in [0.717, 1.165) is 0 Å². The molecule has 0 spiro atoms. The number of hydrogen-bond acceptors (Lipinski definition) is 10. The molecule has 0 radical (unpaired) electrons. The van der Waals surface area contributed by atoms with Gasteiger partial charge in [-0.1, -0.05) is 11.6 Å². The summed E-state index contributed by atoms with van der Waals surface area (Å²) in [6, 6.07) is 3.96. The smallest absolute Gasteiger partial charge is 0.336 e. The van der Waals surface area contributed by atoms with E-state index in [4.69, 9.17) is 25.5 Å². The molecular weight excluding hydrogens is 460 g/mol. The first-order valence-corrected chi connectivity index (χ1v) is 10.6. The number of carbonyl (C=O) groups excluding carboxylic acids is 1. The number of ether oxygens (including phenoxy) is 2. The number of amides is 1. The van der Waals surface area contributed by atoms with Gasteiger partial charge in [-0.2, -0.15) is 0 Å². The lowest BCUT2D eigenvalue weighted by Gasteiger charge is -2.39. The molecule has 1 saturated heterocycles. The molecule has 2 unspecified atom stereocenters. The monoisotopic (exact) mass is 486 g/mol. The van der Waals surface area contributed by atoms with Gasteiger partial charge in [0, 0.05) is 30.6 Å². The van der Waals surface area contributed by atoms with Gasteiger partial charge in [-0.25, -0.2) is 4.79 Å². The minimum Gasteiger partial charge on any atom is -0.460 e. The Balaban J connectivity index is 1.84. The summed E-state index contributed by atoms with van der Waals surface area (Å²) in [6.45, 7) is 0.488. The minimum absolute atomic E-state index is 0.0377. The van der Waals surface area contributed by atoms with Crippen molar-refractivity contribution in [3.05, 3.63) is 39.2 Å². The third kappa shape index (κ3) is 6.01. The second kappa shape index (κ2) is 10.8. The van der Waals surface area contributed by atoms with Gasteiger partial charge in [-0.15, -0.1) is 0 Å². The Bertz CT molecular complexity index is 1040. The van der Waals surface area contributed by atoms with Crippen LogP contribution in [0.2, 0.25) is 5.02 Å². The van der Waals surface area contributed by atoms with Crippen LogP contribution in [0.4, 0.5) is 0 Å². The lowest BCUT2D eigenvalue weighted by molar-refractivity contribution is -0.277. The molecule has 33 heavy (non-hydrogen) atoms. The number of hydrogen-bond donors (Lipinski definition) is 5. The van der Waals surface area contributed by atoms with Crippen molar-refractivity contribution in [2.24, 2.45) is 0 Å². The highest BCUT2D eigenvalue weighted by molar-refractivity contribution is 6.32. The van der Waals surface area contributed by atoms with Crippen LogP contribution in [-0.4, -0.2) is 95.7 Å². The molecule has 2 heterocycles. The number of benzene rings is 1. The highest BCUT2D eigenvalue weighted by atomic mass is 35.5. The van der Waals surface area contributed by atoms with Crippen molar-refractivity contribution < 1.29 is 39.1 Å². The number of aliphatic hydroxyl groups excluding tert-OH is 4. The molecule has 1 fully saturated rings. The van der Waals surface area contributed by atoms with Crippen molar-refractivity contribution in [2.45, 2.75) is 37.1 Å². The van der Waals surface area contributed by atoms with E-state index in [2.05, 4.69) is 5.32 Å². The minimum atomic E-state index is -1.64. The molecule has 2 aromatic rings. The zero-order valence-corrected chi connectivity index (χ0v) is 18.9. The van der Waals surface area contributed by atoms with E-state index in [-0.39, 0.29) is 28.7 Å². The number of fused-ring (bicyclic) bond motifs is 1. The number of likely N-dealkylation sites (N-methyl/N-ethyl adjacent to an activating group) is 1. The van der Waals surface area contributed by atoms with Gasteiger partial charge in [0.2, 0.25) is 12.2 Å². The molecular formula is C21H27ClN2O9. The predicted octanol–water partition coefficient (Wildman–Crippen LogP) is -1.15. The zero-order chi connectivity index (χ0) is 24.3. The summed E-state index contributed by atoms with van der Waals surface area (Å²) in [5, 5.41) is 42.6. The molecule has 0 bridgehead atoms. The van der Waals surface area contributed by atoms with Gasteiger partial charge in [-0.3, -0.25) is 4.79 Å². The van der Waals surface area contributed by atoms with Crippen LogP contribution < -0.4 is 15.7 Å². The Labute approximate surface area is 194 Å². The third-order valence-corrected chi connectivity index (χ3v) is 5.50. The normalized spacial score (nSPS) is 25.4. The molecule has 0 saturated carbocycles. The fraction of sp³-hybridized carbons (Fsp3) is 0.524. The highest BCUT2D eigenvalue weighted by Crippen LogP contribution is 2.34. The number of halogens is 1. The van der Waals surface area contributed by atoms with Gasteiger partial charge in [0.25, 0.3) is 0 Å². The summed E-state index contributed by atoms with van der Waals surface area (Å²) in [5.74, 6) is -0.314. The maximum absolute atomic E-state index is 12.3. The number of rotatable bonds is 8. The van der Waals surface area contributed by atoms with Crippen LogP contribution >= 0.6 is 11.6 Å². The Kier molecular flexibility index (Phi) is 8.29. The molecule has 1 aromatic carbocycles. The van der Waals surface area contributed by atoms with Gasteiger partial charge >= 0.3 is 5.63 Å². The van der Waals surface area contributed by atoms with Crippen LogP contribution in [0.15, 0.2) is 27.4 Å². The van der Waals surface area contributed by atoms with E-state index < -0.39 is 42.9 Å². The summed E-state index contributed by atoms with van der Waals surface area (Å²) in [6.07, 6.45) is -7.51. The Morgan fingerprint density at radius 1 is 1.18 bits per heavy atom.